The van der Waals surface area contributed by atoms with Crippen LogP contribution in [0.4, 0.5) is 5.69 Å². The van der Waals surface area contributed by atoms with E-state index in [1.54, 1.807) is 6.92 Å². The van der Waals surface area contributed by atoms with Crippen molar-refractivity contribution in [3.8, 4) is 5.75 Å². The number of hydrogen-bond donors (Lipinski definition) is 2. The van der Waals surface area contributed by atoms with Crippen LogP contribution >= 0.6 is 0 Å². The molecule has 98 valence electrons. The van der Waals surface area contributed by atoms with Gasteiger partial charge in [0, 0.05) is 11.6 Å². The molecule has 0 aliphatic heterocycles. The molecule has 2 rings (SSSR count). The molecule has 8 heteroatoms. The minimum atomic E-state index is -3.79. The summed E-state index contributed by atoms with van der Waals surface area (Å²) >= 11 is 0. The van der Waals surface area contributed by atoms with E-state index in [9.17, 15) is 23.6 Å². The van der Waals surface area contributed by atoms with E-state index in [0.29, 0.717) is 0 Å². The predicted molar refractivity (Wildman–Crippen MR) is 62.7 cm³/mol. The van der Waals surface area contributed by atoms with Gasteiger partial charge in [0.15, 0.2) is 5.75 Å². The monoisotopic (exact) mass is 272 g/mol. The van der Waals surface area contributed by atoms with E-state index >= 15 is 0 Å². The maximum absolute atomic E-state index is 12.0. The summed E-state index contributed by atoms with van der Waals surface area (Å²) in [5, 5.41) is 19.9. The Morgan fingerprint density at radius 1 is 1.44 bits per heavy atom. The van der Waals surface area contributed by atoms with E-state index in [1.165, 1.54) is 0 Å². The average Bonchev–Trinajstić information content (AvgIpc) is 2.94. The SMILES string of the molecule is CC1(NS(=O)(=O)c2ccc(O)c([N+](=O)[O-])c2)CC1. The number of aromatic hydroxyl groups is 1. The highest BCUT2D eigenvalue weighted by Crippen LogP contribution is 2.36. The third-order valence-corrected chi connectivity index (χ3v) is 4.47. The Kier molecular flexibility index (Phi) is 2.78. The Hall–Kier alpha value is -1.67. The van der Waals surface area contributed by atoms with Crippen LogP contribution in [0.25, 0.3) is 0 Å². The summed E-state index contributed by atoms with van der Waals surface area (Å²) in [4.78, 5) is 9.58. The number of benzene rings is 1. The van der Waals surface area contributed by atoms with Gasteiger partial charge in [-0.3, -0.25) is 10.1 Å². The van der Waals surface area contributed by atoms with E-state index in [0.717, 1.165) is 31.0 Å². The van der Waals surface area contributed by atoms with Gasteiger partial charge in [-0.1, -0.05) is 0 Å². The standard InChI is InChI=1S/C10H12N2O5S/c1-10(4-5-10)11-18(16,17)7-2-3-9(13)8(6-7)12(14)15/h2-3,6,11,13H,4-5H2,1H3. The minimum absolute atomic E-state index is 0.222. The number of hydrogen-bond acceptors (Lipinski definition) is 5. The molecule has 0 atom stereocenters. The molecule has 0 spiro atoms. The van der Waals surface area contributed by atoms with E-state index < -0.39 is 31.9 Å². The van der Waals surface area contributed by atoms with Crippen LogP contribution in [0.5, 0.6) is 5.75 Å². The van der Waals surface area contributed by atoms with Crippen LogP contribution in [0.1, 0.15) is 19.8 Å². The molecule has 1 aromatic rings. The van der Waals surface area contributed by atoms with Crippen molar-refractivity contribution in [3.05, 3.63) is 28.3 Å². The fourth-order valence-corrected chi connectivity index (χ4v) is 2.97. The van der Waals surface area contributed by atoms with E-state index in [1.807, 2.05) is 0 Å². The summed E-state index contributed by atoms with van der Waals surface area (Å²) in [7, 11) is -3.79. The topological polar surface area (TPSA) is 110 Å². The third kappa shape index (κ3) is 2.44. The Balaban J connectivity index is 2.39. The van der Waals surface area contributed by atoms with E-state index in [2.05, 4.69) is 4.72 Å². The van der Waals surface area contributed by atoms with Crippen LogP contribution in [0.3, 0.4) is 0 Å². The van der Waals surface area contributed by atoms with Gasteiger partial charge in [0.2, 0.25) is 10.0 Å². The summed E-state index contributed by atoms with van der Waals surface area (Å²) in [5.74, 6) is -0.559. The quantitative estimate of drug-likeness (QED) is 0.630. The van der Waals surface area contributed by atoms with Gasteiger partial charge in [0.05, 0.1) is 9.82 Å². The first-order valence-corrected chi connectivity index (χ1v) is 6.73. The Bertz CT molecular complexity index is 607. The second-order valence-electron chi connectivity index (χ2n) is 4.57. The zero-order chi connectivity index (χ0) is 13.6. The molecule has 7 nitrogen and oxygen atoms in total. The highest BCUT2D eigenvalue weighted by molar-refractivity contribution is 7.89. The van der Waals surface area contributed by atoms with E-state index in [4.69, 9.17) is 0 Å². The smallest absolute Gasteiger partial charge is 0.312 e. The first-order valence-electron chi connectivity index (χ1n) is 5.25. The number of sulfonamides is 1. The number of nitrogens with one attached hydrogen (secondary N) is 1. The second-order valence-corrected chi connectivity index (χ2v) is 6.26. The number of phenols is 1. The summed E-state index contributed by atoms with van der Waals surface area (Å²) in [6.45, 7) is 1.76. The molecule has 0 heterocycles. The van der Waals surface area contributed by atoms with Crippen LogP contribution in [-0.2, 0) is 10.0 Å². The van der Waals surface area contributed by atoms with Crippen molar-refractivity contribution in [3.63, 3.8) is 0 Å². The molecule has 0 amide bonds. The summed E-state index contributed by atoms with van der Waals surface area (Å²) < 4.78 is 26.4. The normalized spacial score (nSPS) is 17.4. The lowest BCUT2D eigenvalue weighted by Crippen LogP contribution is -2.34. The van der Waals surface area contributed by atoms with Crippen LogP contribution in [-0.4, -0.2) is 24.0 Å². The summed E-state index contributed by atoms with van der Waals surface area (Å²) in [5.41, 5.74) is -1.08. The fraction of sp³-hybridized carbons (Fsp3) is 0.400. The molecule has 1 aliphatic carbocycles. The zero-order valence-corrected chi connectivity index (χ0v) is 10.4. The number of rotatable bonds is 4. The molecule has 0 saturated heterocycles. The number of phenolic OH excluding ortho intramolecular Hbond substituents is 1. The molecule has 1 aromatic carbocycles. The molecule has 1 fully saturated rings. The molecule has 0 bridgehead atoms. The Morgan fingerprint density at radius 2 is 2.06 bits per heavy atom. The number of nitro benzene ring substituents is 1. The largest absolute Gasteiger partial charge is 0.502 e. The molecule has 1 saturated carbocycles. The van der Waals surface area contributed by atoms with Crippen LogP contribution in [0.15, 0.2) is 23.1 Å². The number of nitrogens with zero attached hydrogens (tertiary/aromatic N) is 1. The third-order valence-electron chi connectivity index (χ3n) is 2.83. The second kappa shape index (κ2) is 3.92. The first-order chi connectivity index (χ1) is 8.23. The molecule has 0 aromatic heterocycles. The summed E-state index contributed by atoms with van der Waals surface area (Å²) in [6.07, 6.45) is 1.48. The van der Waals surface area contributed by atoms with Gasteiger partial charge in [-0.15, -0.1) is 0 Å². The lowest BCUT2D eigenvalue weighted by molar-refractivity contribution is -0.386. The number of nitro groups is 1. The van der Waals surface area contributed by atoms with Gasteiger partial charge >= 0.3 is 5.69 Å². The molecule has 18 heavy (non-hydrogen) atoms. The average molecular weight is 272 g/mol. The summed E-state index contributed by atoms with van der Waals surface area (Å²) in [6, 6.07) is 2.99. The first kappa shape index (κ1) is 12.8. The highest BCUT2D eigenvalue weighted by Gasteiger charge is 2.41. The van der Waals surface area contributed by atoms with Crippen molar-refractivity contribution in [2.45, 2.75) is 30.2 Å². The predicted octanol–water partition coefficient (Wildman–Crippen LogP) is 1.13. The van der Waals surface area contributed by atoms with Crippen LogP contribution < -0.4 is 4.72 Å². The van der Waals surface area contributed by atoms with Gasteiger partial charge < -0.3 is 5.11 Å². The van der Waals surface area contributed by atoms with Gasteiger partial charge in [-0.25, -0.2) is 13.1 Å². The maximum atomic E-state index is 12.0. The van der Waals surface area contributed by atoms with Crippen molar-refractivity contribution in [1.82, 2.24) is 4.72 Å². The molecular formula is C10H12N2O5S. The van der Waals surface area contributed by atoms with Gasteiger partial charge in [-0.2, -0.15) is 0 Å². The molecular weight excluding hydrogens is 260 g/mol. The lowest BCUT2D eigenvalue weighted by Gasteiger charge is -2.12. The Labute approximate surface area is 104 Å². The Morgan fingerprint density at radius 3 is 2.56 bits per heavy atom. The van der Waals surface area contributed by atoms with Crippen LogP contribution in [0, 0.1) is 10.1 Å². The van der Waals surface area contributed by atoms with Crippen molar-refractivity contribution in [2.24, 2.45) is 0 Å². The fourth-order valence-electron chi connectivity index (χ4n) is 1.49. The minimum Gasteiger partial charge on any atom is -0.502 e. The molecule has 0 radical (unpaired) electrons. The van der Waals surface area contributed by atoms with Gasteiger partial charge in [0.25, 0.3) is 0 Å². The van der Waals surface area contributed by atoms with Gasteiger partial charge in [0.1, 0.15) is 0 Å². The van der Waals surface area contributed by atoms with Crippen molar-refractivity contribution >= 4 is 15.7 Å². The maximum Gasteiger partial charge on any atom is 0.312 e. The highest BCUT2D eigenvalue weighted by atomic mass is 32.2. The van der Waals surface area contributed by atoms with Crippen LogP contribution in [0.2, 0.25) is 0 Å². The van der Waals surface area contributed by atoms with Crippen molar-refractivity contribution in [2.75, 3.05) is 0 Å². The zero-order valence-electron chi connectivity index (χ0n) is 9.58. The molecule has 2 N–H and O–H groups in total. The van der Waals surface area contributed by atoms with Crippen molar-refractivity contribution in [1.29, 1.82) is 0 Å². The molecule has 0 unspecified atom stereocenters. The van der Waals surface area contributed by atoms with Crippen molar-refractivity contribution < 1.29 is 18.4 Å². The lowest BCUT2D eigenvalue weighted by atomic mass is 10.3. The van der Waals surface area contributed by atoms with Gasteiger partial charge in [-0.05, 0) is 31.9 Å². The van der Waals surface area contributed by atoms with E-state index in [-0.39, 0.29) is 4.90 Å². The molecule has 1 aliphatic rings.